The molecule has 0 spiro atoms. The Morgan fingerprint density at radius 2 is 1.74 bits per heavy atom. The largest absolute Gasteiger partial charge is 0.332 e. The first-order chi connectivity index (χ1) is 11.1. The summed E-state index contributed by atoms with van der Waals surface area (Å²) in [6, 6.07) is 13.2. The molecule has 120 valence electrons. The van der Waals surface area contributed by atoms with Gasteiger partial charge in [-0.1, -0.05) is 25.5 Å². The number of halogens is 1. The third-order valence-corrected chi connectivity index (χ3v) is 3.57. The van der Waals surface area contributed by atoms with Gasteiger partial charge in [-0.3, -0.25) is 10.1 Å². The number of carbonyl (C=O) groups is 1. The average molecular weight is 330 g/mol. The molecule has 2 aromatic rings. The molecule has 0 atom stereocenters. The number of hydrogen-bond donors (Lipinski definition) is 2. The van der Waals surface area contributed by atoms with Crippen molar-refractivity contribution in [2.24, 2.45) is 0 Å². The third-order valence-electron chi connectivity index (χ3n) is 3.36. The van der Waals surface area contributed by atoms with Crippen LogP contribution in [0.1, 0.15) is 35.7 Å². The minimum absolute atomic E-state index is 0.209. The van der Waals surface area contributed by atoms with Crippen molar-refractivity contribution in [1.29, 1.82) is 0 Å². The maximum Gasteiger partial charge on any atom is 0.257 e. The highest BCUT2D eigenvalue weighted by Gasteiger charge is 2.08. The standard InChI is InChI=1S/C18H19FN2OS/c1-2-3-4-13-5-11-16(12-6-13)20-18(23)21-17(22)14-7-9-15(19)10-8-14/h5-12H,2-4H2,1H3,(H2,20,21,22,23). The molecule has 0 aliphatic heterocycles. The summed E-state index contributed by atoms with van der Waals surface area (Å²) in [7, 11) is 0. The van der Waals surface area contributed by atoms with E-state index in [0.717, 1.165) is 12.1 Å². The molecule has 0 aliphatic carbocycles. The van der Waals surface area contributed by atoms with Crippen molar-refractivity contribution in [3.05, 3.63) is 65.5 Å². The Labute approximate surface area is 140 Å². The first kappa shape index (κ1) is 17.1. The molecule has 5 heteroatoms. The molecule has 0 fully saturated rings. The lowest BCUT2D eigenvalue weighted by Gasteiger charge is -2.10. The third kappa shape index (κ3) is 5.45. The van der Waals surface area contributed by atoms with Crippen LogP contribution in [0, 0.1) is 5.82 Å². The first-order valence-corrected chi connectivity index (χ1v) is 7.96. The molecule has 0 unspecified atom stereocenters. The van der Waals surface area contributed by atoms with E-state index in [1.165, 1.54) is 42.7 Å². The number of aryl methyl sites for hydroxylation is 1. The summed E-state index contributed by atoms with van der Waals surface area (Å²) in [5.74, 6) is -0.757. The monoisotopic (exact) mass is 330 g/mol. The Morgan fingerprint density at radius 1 is 1.09 bits per heavy atom. The Morgan fingerprint density at radius 3 is 2.35 bits per heavy atom. The van der Waals surface area contributed by atoms with Crippen LogP contribution in [-0.2, 0) is 6.42 Å². The van der Waals surface area contributed by atoms with Gasteiger partial charge in [0, 0.05) is 11.3 Å². The van der Waals surface area contributed by atoms with Gasteiger partial charge >= 0.3 is 0 Å². The van der Waals surface area contributed by atoms with E-state index in [1.807, 2.05) is 24.3 Å². The molecule has 0 bridgehead atoms. The average Bonchev–Trinajstić information content (AvgIpc) is 2.54. The lowest BCUT2D eigenvalue weighted by atomic mass is 10.1. The van der Waals surface area contributed by atoms with Gasteiger partial charge in [-0.05, 0) is 67.0 Å². The topological polar surface area (TPSA) is 41.1 Å². The van der Waals surface area contributed by atoms with Crippen molar-refractivity contribution in [3.63, 3.8) is 0 Å². The minimum atomic E-state index is -0.384. The molecule has 2 aromatic carbocycles. The highest BCUT2D eigenvalue weighted by atomic mass is 32.1. The van der Waals surface area contributed by atoms with Gasteiger partial charge < -0.3 is 5.32 Å². The Kier molecular flexibility index (Phi) is 6.23. The fourth-order valence-corrected chi connectivity index (χ4v) is 2.29. The van der Waals surface area contributed by atoms with E-state index < -0.39 is 0 Å². The number of nitrogens with one attached hydrogen (secondary N) is 2. The van der Waals surface area contributed by atoms with E-state index in [0.29, 0.717) is 5.56 Å². The summed E-state index contributed by atoms with van der Waals surface area (Å²) < 4.78 is 12.8. The summed E-state index contributed by atoms with van der Waals surface area (Å²) in [6.45, 7) is 2.16. The predicted octanol–water partition coefficient (Wildman–Crippen LogP) is 4.30. The zero-order chi connectivity index (χ0) is 16.7. The van der Waals surface area contributed by atoms with Gasteiger partial charge in [-0.25, -0.2) is 4.39 Å². The molecule has 0 aromatic heterocycles. The van der Waals surface area contributed by atoms with Crippen molar-refractivity contribution in [1.82, 2.24) is 5.32 Å². The van der Waals surface area contributed by atoms with Crippen molar-refractivity contribution < 1.29 is 9.18 Å². The van der Waals surface area contributed by atoms with E-state index in [1.54, 1.807) is 0 Å². The van der Waals surface area contributed by atoms with Crippen molar-refractivity contribution in [2.45, 2.75) is 26.2 Å². The zero-order valence-electron chi connectivity index (χ0n) is 12.9. The quantitative estimate of drug-likeness (QED) is 0.803. The van der Waals surface area contributed by atoms with Crippen molar-refractivity contribution in [2.75, 3.05) is 5.32 Å². The molecule has 2 N–H and O–H groups in total. The Hall–Kier alpha value is -2.27. The van der Waals surface area contributed by atoms with E-state index in [-0.39, 0.29) is 16.8 Å². The van der Waals surface area contributed by atoms with Gasteiger partial charge in [0.15, 0.2) is 5.11 Å². The van der Waals surface area contributed by atoms with Crippen LogP contribution >= 0.6 is 12.2 Å². The van der Waals surface area contributed by atoms with E-state index in [9.17, 15) is 9.18 Å². The molecule has 0 saturated heterocycles. The molecule has 23 heavy (non-hydrogen) atoms. The summed E-state index contributed by atoms with van der Waals surface area (Å²) in [5.41, 5.74) is 2.44. The predicted molar refractivity (Wildman–Crippen MR) is 95.1 cm³/mol. The molecule has 0 aliphatic rings. The smallest absolute Gasteiger partial charge is 0.257 e. The highest BCUT2D eigenvalue weighted by Crippen LogP contribution is 2.12. The number of amides is 1. The molecular formula is C18H19FN2OS. The number of unbranched alkanes of at least 4 members (excludes halogenated alkanes) is 1. The van der Waals surface area contributed by atoms with Crippen molar-refractivity contribution >= 4 is 28.9 Å². The summed E-state index contributed by atoms with van der Waals surface area (Å²) in [4.78, 5) is 12.0. The van der Waals surface area contributed by atoms with Crippen LogP contribution in [0.3, 0.4) is 0 Å². The van der Waals surface area contributed by atoms with Crippen molar-refractivity contribution in [3.8, 4) is 0 Å². The fourth-order valence-electron chi connectivity index (χ4n) is 2.07. The Bertz CT molecular complexity index is 668. The number of thiocarbonyl (C=S) groups is 1. The zero-order valence-corrected chi connectivity index (χ0v) is 13.8. The van der Waals surface area contributed by atoms with Gasteiger partial charge in [0.05, 0.1) is 0 Å². The second-order valence-electron chi connectivity index (χ2n) is 5.22. The van der Waals surface area contributed by atoms with Gasteiger partial charge in [0.2, 0.25) is 0 Å². The summed E-state index contributed by atoms with van der Waals surface area (Å²) >= 11 is 5.12. The normalized spacial score (nSPS) is 10.2. The van der Waals surface area contributed by atoms with E-state index in [4.69, 9.17) is 12.2 Å². The molecule has 0 heterocycles. The lowest BCUT2D eigenvalue weighted by molar-refractivity contribution is 0.0977. The van der Waals surface area contributed by atoms with Gasteiger partial charge in [-0.15, -0.1) is 0 Å². The maximum absolute atomic E-state index is 12.8. The van der Waals surface area contributed by atoms with Gasteiger partial charge in [-0.2, -0.15) is 0 Å². The van der Waals surface area contributed by atoms with Crippen LogP contribution in [0.25, 0.3) is 0 Å². The molecule has 1 amide bonds. The van der Waals surface area contributed by atoms with Crippen LogP contribution < -0.4 is 10.6 Å². The Balaban J connectivity index is 1.88. The first-order valence-electron chi connectivity index (χ1n) is 7.55. The number of anilines is 1. The number of rotatable bonds is 5. The van der Waals surface area contributed by atoms with E-state index >= 15 is 0 Å². The SMILES string of the molecule is CCCCc1ccc(NC(=S)NC(=O)c2ccc(F)cc2)cc1. The number of benzene rings is 2. The van der Waals surface area contributed by atoms with Crippen LogP contribution in [0.15, 0.2) is 48.5 Å². The maximum atomic E-state index is 12.8. The highest BCUT2D eigenvalue weighted by molar-refractivity contribution is 7.80. The van der Waals surface area contributed by atoms with Crippen LogP contribution in [-0.4, -0.2) is 11.0 Å². The molecule has 2 rings (SSSR count). The number of hydrogen-bond acceptors (Lipinski definition) is 2. The second-order valence-corrected chi connectivity index (χ2v) is 5.62. The van der Waals surface area contributed by atoms with Crippen LogP contribution in [0.4, 0.5) is 10.1 Å². The van der Waals surface area contributed by atoms with Gasteiger partial charge in [0.1, 0.15) is 5.82 Å². The van der Waals surface area contributed by atoms with Crippen LogP contribution in [0.2, 0.25) is 0 Å². The molecular weight excluding hydrogens is 311 g/mol. The second kappa shape index (κ2) is 8.39. The summed E-state index contributed by atoms with van der Waals surface area (Å²) in [6.07, 6.45) is 3.39. The van der Waals surface area contributed by atoms with Crippen LogP contribution in [0.5, 0.6) is 0 Å². The summed E-state index contributed by atoms with van der Waals surface area (Å²) in [5, 5.41) is 5.74. The molecule has 0 saturated carbocycles. The minimum Gasteiger partial charge on any atom is -0.332 e. The van der Waals surface area contributed by atoms with Gasteiger partial charge in [0.25, 0.3) is 5.91 Å². The molecule has 3 nitrogen and oxygen atoms in total. The number of carbonyl (C=O) groups excluding carboxylic acids is 1. The lowest BCUT2D eigenvalue weighted by Crippen LogP contribution is -2.34. The molecule has 0 radical (unpaired) electrons. The fraction of sp³-hybridized carbons (Fsp3) is 0.222. The van der Waals surface area contributed by atoms with E-state index in [2.05, 4.69) is 17.6 Å².